The van der Waals surface area contributed by atoms with Crippen molar-refractivity contribution in [2.24, 2.45) is 4.99 Å². The predicted octanol–water partition coefficient (Wildman–Crippen LogP) is 2.28. The first-order valence-corrected chi connectivity index (χ1v) is 6.83. The quantitative estimate of drug-likeness (QED) is 0.843. The minimum atomic E-state index is 0.420. The van der Waals surface area contributed by atoms with Gasteiger partial charge in [0.1, 0.15) is 18.2 Å². The molecule has 0 saturated carbocycles. The van der Waals surface area contributed by atoms with Gasteiger partial charge in [-0.1, -0.05) is 18.5 Å². The van der Waals surface area contributed by atoms with Gasteiger partial charge in [-0.15, -0.1) is 0 Å². The van der Waals surface area contributed by atoms with Gasteiger partial charge in [-0.05, 0) is 18.9 Å². The largest absolute Gasteiger partial charge is 0.352 e. The van der Waals surface area contributed by atoms with Crippen LogP contribution in [-0.2, 0) is 0 Å². The van der Waals surface area contributed by atoms with Gasteiger partial charge in [0.2, 0.25) is 0 Å². The number of nitrogens with zero attached hydrogens (tertiary/aromatic N) is 4. The summed E-state index contributed by atoms with van der Waals surface area (Å²) in [6.07, 6.45) is 4.48. The zero-order chi connectivity index (χ0) is 13.6. The minimum absolute atomic E-state index is 0.420. The van der Waals surface area contributed by atoms with Gasteiger partial charge in [-0.25, -0.2) is 10.1 Å². The Bertz CT molecular complexity index is 535. The summed E-state index contributed by atoms with van der Waals surface area (Å²) in [5, 5.41) is 11.5. The Morgan fingerprint density at radius 1 is 1.47 bits per heavy atom. The number of aliphatic imine (C=N–C) groups is 1. The van der Waals surface area contributed by atoms with Crippen molar-refractivity contribution in [1.82, 2.24) is 14.9 Å². The summed E-state index contributed by atoms with van der Waals surface area (Å²) in [5.41, 5.74) is 2.84. The number of hydroxylamine groups is 2. The van der Waals surface area contributed by atoms with Crippen molar-refractivity contribution in [1.29, 1.82) is 0 Å². The van der Waals surface area contributed by atoms with Gasteiger partial charge in [0.05, 0.1) is 23.1 Å². The monoisotopic (exact) mass is 280 g/mol. The van der Waals surface area contributed by atoms with Crippen molar-refractivity contribution < 1.29 is 5.21 Å². The van der Waals surface area contributed by atoms with Crippen molar-refractivity contribution in [2.45, 2.75) is 20.3 Å². The molecule has 0 radical (unpaired) electrons. The number of fused-ring (bicyclic) bond motifs is 2. The molecule has 3 aliphatic heterocycles. The van der Waals surface area contributed by atoms with Gasteiger partial charge in [0.25, 0.3) is 0 Å². The van der Waals surface area contributed by atoms with E-state index in [4.69, 9.17) is 11.6 Å². The fourth-order valence-corrected chi connectivity index (χ4v) is 2.85. The molecule has 102 valence electrons. The van der Waals surface area contributed by atoms with Crippen LogP contribution in [-0.4, -0.2) is 46.0 Å². The second-order valence-corrected chi connectivity index (χ2v) is 5.39. The zero-order valence-corrected chi connectivity index (χ0v) is 11.9. The molecule has 0 aliphatic carbocycles. The molecule has 0 atom stereocenters. The molecule has 19 heavy (non-hydrogen) atoms. The van der Waals surface area contributed by atoms with E-state index in [0.29, 0.717) is 6.67 Å². The molecule has 3 aliphatic rings. The Kier molecular flexibility index (Phi) is 3.03. The predicted molar refractivity (Wildman–Crippen MR) is 74.3 cm³/mol. The van der Waals surface area contributed by atoms with Gasteiger partial charge < -0.3 is 9.80 Å². The molecule has 0 unspecified atom stereocenters. The van der Waals surface area contributed by atoms with Crippen molar-refractivity contribution in [3.05, 3.63) is 34.0 Å². The maximum atomic E-state index is 9.65. The standard InChI is InChI=1S/C13H17ClN4O/c1-3-4-16-6-9(2)11(14)12-13(16)18-8-17(19)7-10(18)5-15-12/h5,7,19H,3-4,6,8H2,1-2H3. The Morgan fingerprint density at radius 2 is 2.26 bits per heavy atom. The van der Waals surface area contributed by atoms with E-state index < -0.39 is 0 Å². The number of hydrogen-bond donors (Lipinski definition) is 1. The summed E-state index contributed by atoms with van der Waals surface area (Å²) in [6.45, 7) is 6.38. The van der Waals surface area contributed by atoms with Crippen LogP contribution in [0, 0.1) is 0 Å². The highest BCUT2D eigenvalue weighted by atomic mass is 35.5. The van der Waals surface area contributed by atoms with Crippen molar-refractivity contribution >= 4 is 17.8 Å². The van der Waals surface area contributed by atoms with Gasteiger partial charge in [-0.2, -0.15) is 0 Å². The van der Waals surface area contributed by atoms with Gasteiger partial charge in [0, 0.05) is 13.1 Å². The van der Waals surface area contributed by atoms with Crippen LogP contribution in [0.3, 0.4) is 0 Å². The number of halogens is 1. The second-order valence-electron chi connectivity index (χ2n) is 5.01. The van der Waals surface area contributed by atoms with E-state index >= 15 is 0 Å². The maximum absolute atomic E-state index is 9.65. The summed E-state index contributed by atoms with van der Waals surface area (Å²) in [7, 11) is 0. The van der Waals surface area contributed by atoms with Crippen LogP contribution in [0.5, 0.6) is 0 Å². The molecule has 6 heteroatoms. The van der Waals surface area contributed by atoms with E-state index in [2.05, 4.69) is 16.8 Å². The lowest BCUT2D eigenvalue weighted by Crippen LogP contribution is -2.41. The normalized spacial score (nSPS) is 22.1. The summed E-state index contributed by atoms with van der Waals surface area (Å²) in [4.78, 5) is 8.79. The Labute approximate surface area is 117 Å². The smallest absolute Gasteiger partial charge is 0.138 e. The van der Waals surface area contributed by atoms with Gasteiger partial charge in [0.15, 0.2) is 0 Å². The fourth-order valence-electron chi connectivity index (χ4n) is 2.66. The third-order valence-electron chi connectivity index (χ3n) is 3.48. The van der Waals surface area contributed by atoms with E-state index in [-0.39, 0.29) is 0 Å². The average Bonchev–Trinajstić information content (AvgIpc) is 2.75. The second kappa shape index (κ2) is 4.58. The van der Waals surface area contributed by atoms with Crippen LogP contribution < -0.4 is 0 Å². The first kappa shape index (κ1) is 12.6. The van der Waals surface area contributed by atoms with Crippen LogP contribution in [0.1, 0.15) is 20.3 Å². The third-order valence-corrected chi connectivity index (χ3v) is 3.98. The molecule has 0 spiro atoms. The number of rotatable bonds is 2. The third kappa shape index (κ3) is 1.93. The van der Waals surface area contributed by atoms with Crippen LogP contribution >= 0.6 is 11.6 Å². The molecule has 0 fully saturated rings. The topological polar surface area (TPSA) is 42.3 Å². The first-order chi connectivity index (χ1) is 9.11. The number of hydrogen-bond acceptors (Lipinski definition) is 5. The van der Waals surface area contributed by atoms with Crippen molar-refractivity contribution in [3.63, 3.8) is 0 Å². The fraction of sp³-hybridized carbons (Fsp3) is 0.462. The lowest BCUT2D eigenvalue weighted by atomic mass is 10.1. The Morgan fingerprint density at radius 3 is 3.00 bits per heavy atom. The van der Waals surface area contributed by atoms with Crippen LogP contribution in [0.25, 0.3) is 0 Å². The van der Waals surface area contributed by atoms with E-state index in [0.717, 1.165) is 47.3 Å². The summed E-state index contributed by atoms with van der Waals surface area (Å²) in [6, 6.07) is 0. The van der Waals surface area contributed by atoms with Crippen LogP contribution in [0.4, 0.5) is 0 Å². The van der Waals surface area contributed by atoms with Crippen molar-refractivity contribution in [3.8, 4) is 0 Å². The molecule has 0 aromatic heterocycles. The maximum Gasteiger partial charge on any atom is 0.138 e. The molecule has 0 amide bonds. The van der Waals surface area contributed by atoms with Crippen molar-refractivity contribution in [2.75, 3.05) is 19.8 Å². The summed E-state index contributed by atoms with van der Waals surface area (Å²) >= 11 is 6.39. The van der Waals surface area contributed by atoms with E-state index in [9.17, 15) is 5.21 Å². The minimum Gasteiger partial charge on any atom is -0.352 e. The van der Waals surface area contributed by atoms with E-state index in [1.54, 1.807) is 12.4 Å². The van der Waals surface area contributed by atoms with E-state index in [1.165, 1.54) is 5.06 Å². The molecule has 0 saturated heterocycles. The molecule has 1 N–H and O–H groups in total. The molecular formula is C13H17ClN4O. The summed E-state index contributed by atoms with van der Waals surface area (Å²) < 4.78 is 0. The number of allylic oxidation sites excluding steroid dienone is 2. The highest BCUT2D eigenvalue weighted by molar-refractivity contribution is 6.32. The van der Waals surface area contributed by atoms with Crippen LogP contribution in [0.15, 0.2) is 39.0 Å². The molecule has 5 nitrogen and oxygen atoms in total. The molecule has 3 rings (SSSR count). The molecule has 0 bridgehead atoms. The average molecular weight is 281 g/mol. The molecule has 0 aromatic carbocycles. The lowest BCUT2D eigenvalue weighted by molar-refractivity contribution is -0.0539. The van der Waals surface area contributed by atoms with Crippen LogP contribution in [0.2, 0.25) is 0 Å². The SMILES string of the molecule is CCCN1CC(C)=C(Cl)C2=C1N1CN(O)C=C1C=N2. The molecule has 0 aromatic rings. The molecular weight excluding hydrogens is 264 g/mol. The molecule has 3 heterocycles. The summed E-state index contributed by atoms with van der Waals surface area (Å²) in [5.74, 6) is 1.00. The first-order valence-electron chi connectivity index (χ1n) is 6.45. The Balaban J connectivity index is 2.06. The van der Waals surface area contributed by atoms with Gasteiger partial charge >= 0.3 is 0 Å². The zero-order valence-electron chi connectivity index (χ0n) is 11.1. The lowest BCUT2D eigenvalue weighted by Gasteiger charge is -2.39. The van der Waals surface area contributed by atoms with Gasteiger partial charge in [-0.3, -0.25) is 5.21 Å². The highest BCUT2D eigenvalue weighted by Crippen LogP contribution is 2.37. The Hall–Kier alpha value is -1.46. The van der Waals surface area contributed by atoms with E-state index in [1.807, 2.05) is 11.8 Å². The highest BCUT2D eigenvalue weighted by Gasteiger charge is 2.34.